The Bertz CT molecular complexity index is 1250. The summed E-state index contributed by atoms with van der Waals surface area (Å²) in [5, 5.41) is 7.53. The fourth-order valence-electron chi connectivity index (χ4n) is 4.42. The smallest absolute Gasteiger partial charge is 0.217 e. The molecule has 1 heterocycles. The van der Waals surface area contributed by atoms with Crippen LogP contribution in [0.15, 0.2) is 28.4 Å². The Morgan fingerprint density at radius 1 is 0.769 bits per heavy atom. The highest BCUT2D eigenvalue weighted by molar-refractivity contribution is 6.69. The van der Waals surface area contributed by atoms with Gasteiger partial charge < -0.3 is 16.0 Å². The number of alkyl halides is 9. The minimum atomic E-state index is -1.93. The molecule has 218 valence electrons. The summed E-state index contributed by atoms with van der Waals surface area (Å²) in [6, 6.07) is 5.32. The molecule has 1 aromatic heterocycles. The number of nitrogens with two attached hydrogens (primary N) is 2. The van der Waals surface area contributed by atoms with E-state index < -0.39 is 22.2 Å². The SMILES string of the molecule is CC(C)(C)c1c(-n2c(CCC=NN=C(N)N)cc(C(Cl)(Cl)Cl)c2C(C)(C)C)ccc(C(Cl)(Cl)Cl)c1C(Cl)(Cl)Cl. The van der Waals surface area contributed by atoms with Crippen LogP contribution in [-0.2, 0) is 28.6 Å². The fraction of sp³-hybridized carbons (Fsp3) is 0.520. The van der Waals surface area contributed by atoms with Gasteiger partial charge in [0.1, 0.15) is 0 Å². The van der Waals surface area contributed by atoms with Crippen molar-refractivity contribution in [1.82, 2.24) is 4.57 Å². The molecule has 0 atom stereocenters. The number of benzene rings is 1. The predicted molar refractivity (Wildman–Crippen MR) is 174 cm³/mol. The molecule has 0 bridgehead atoms. The molecule has 0 saturated carbocycles. The third kappa shape index (κ3) is 8.78. The zero-order valence-corrected chi connectivity index (χ0v) is 28.9. The van der Waals surface area contributed by atoms with Crippen LogP contribution in [0.5, 0.6) is 0 Å². The van der Waals surface area contributed by atoms with E-state index in [9.17, 15) is 0 Å². The highest BCUT2D eigenvalue weighted by Gasteiger charge is 2.42. The van der Waals surface area contributed by atoms with Crippen LogP contribution in [-0.4, -0.2) is 16.7 Å². The van der Waals surface area contributed by atoms with Gasteiger partial charge in [0.25, 0.3) is 0 Å². The molecule has 0 saturated heterocycles. The number of rotatable bonds is 5. The average molecular weight is 720 g/mol. The molecule has 2 rings (SSSR count). The predicted octanol–water partition coefficient (Wildman–Crippen LogP) is 9.74. The van der Waals surface area contributed by atoms with Gasteiger partial charge in [-0.2, -0.15) is 5.10 Å². The molecule has 0 amide bonds. The number of halogens is 9. The van der Waals surface area contributed by atoms with E-state index in [4.69, 9.17) is 116 Å². The molecule has 0 aliphatic carbocycles. The molecule has 0 fully saturated rings. The maximum atomic E-state index is 6.56. The van der Waals surface area contributed by atoms with Crippen molar-refractivity contribution >= 4 is 117 Å². The number of aryl methyl sites for hydroxylation is 1. The van der Waals surface area contributed by atoms with Gasteiger partial charge in [-0.3, -0.25) is 0 Å². The van der Waals surface area contributed by atoms with Gasteiger partial charge in [-0.1, -0.05) is 152 Å². The van der Waals surface area contributed by atoms with Crippen molar-refractivity contribution < 1.29 is 0 Å². The summed E-state index contributed by atoms with van der Waals surface area (Å²) < 4.78 is -3.51. The maximum absolute atomic E-state index is 6.56. The lowest BCUT2D eigenvalue weighted by Gasteiger charge is -2.35. The van der Waals surface area contributed by atoms with Crippen LogP contribution in [0.2, 0.25) is 0 Å². The van der Waals surface area contributed by atoms with Crippen LogP contribution in [0, 0.1) is 0 Å². The van der Waals surface area contributed by atoms with Gasteiger partial charge >= 0.3 is 0 Å². The molecule has 5 nitrogen and oxygen atoms in total. The third-order valence-corrected chi connectivity index (χ3v) is 7.43. The lowest BCUT2D eigenvalue weighted by atomic mass is 9.80. The molecule has 0 aliphatic heterocycles. The molecule has 0 aliphatic rings. The topological polar surface area (TPSA) is 81.7 Å². The van der Waals surface area contributed by atoms with Crippen molar-refractivity contribution in [3.8, 4) is 5.69 Å². The second-order valence-electron chi connectivity index (χ2n) is 11.0. The minimum absolute atomic E-state index is 0.147. The van der Waals surface area contributed by atoms with Crippen LogP contribution in [0.25, 0.3) is 5.69 Å². The maximum Gasteiger partial charge on any atom is 0.217 e. The minimum Gasteiger partial charge on any atom is -0.369 e. The first-order valence-corrected chi connectivity index (χ1v) is 15.0. The second kappa shape index (κ2) is 12.3. The number of nitrogens with zero attached hydrogens (tertiary/aromatic N) is 3. The molecule has 4 N–H and O–H groups in total. The Hall–Kier alpha value is 0.0500. The van der Waals surface area contributed by atoms with E-state index >= 15 is 0 Å². The Kier molecular flexibility index (Phi) is 11.2. The van der Waals surface area contributed by atoms with E-state index in [1.54, 1.807) is 12.3 Å². The quantitative estimate of drug-likeness (QED) is 0.140. The summed E-state index contributed by atoms with van der Waals surface area (Å²) in [7, 11) is 0. The van der Waals surface area contributed by atoms with Gasteiger partial charge in [-0.05, 0) is 36.0 Å². The molecular formula is C25H30Cl9N5. The van der Waals surface area contributed by atoms with E-state index in [-0.39, 0.29) is 17.1 Å². The van der Waals surface area contributed by atoms with E-state index in [1.807, 2.05) is 58.2 Å². The van der Waals surface area contributed by atoms with Crippen LogP contribution in [0.3, 0.4) is 0 Å². The number of hydrogen-bond acceptors (Lipinski definition) is 2. The third-order valence-electron chi connectivity index (χ3n) is 5.64. The Morgan fingerprint density at radius 3 is 1.72 bits per heavy atom. The summed E-state index contributed by atoms with van der Waals surface area (Å²) in [4.78, 5) is 0. The number of hydrogen-bond donors (Lipinski definition) is 2. The van der Waals surface area contributed by atoms with E-state index in [1.165, 1.54) is 0 Å². The zero-order chi connectivity index (χ0) is 30.4. The van der Waals surface area contributed by atoms with Gasteiger partial charge in [0.2, 0.25) is 17.3 Å². The van der Waals surface area contributed by atoms with Crippen molar-refractivity contribution in [2.45, 2.75) is 76.6 Å². The molecule has 0 radical (unpaired) electrons. The van der Waals surface area contributed by atoms with Crippen molar-refractivity contribution in [3.05, 3.63) is 51.8 Å². The molecule has 0 spiro atoms. The highest BCUT2D eigenvalue weighted by Crippen LogP contribution is 2.54. The van der Waals surface area contributed by atoms with Crippen LogP contribution in [0.4, 0.5) is 0 Å². The van der Waals surface area contributed by atoms with Gasteiger partial charge in [0.05, 0.1) is 0 Å². The van der Waals surface area contributed by atoms with Gasteiger partial charge in [0, 0.05) is 45.4 Å². The summed E-state index contributed by atoms with van der Waals surface area (Å²) in [5.41, 5.74) is 13.6. The normalized spacial score (nSPS) is 13.8. The average Bonchev–Trinajstić information content (AvgIpc) is 3.10. The van der Waals surface area contributed by atoms with Crippen LogP contribution >= 0.6 is 104 Å². The van der Waals surface area contributed by atoms with Crippen molar-refractivity contribution in [2.24, 2.45) is 21.7 Å². The summed E-state index contributed by atoms with van der Waals surface area (Å²) in [6.45, 7) is 12.0. The summed E-state index contributed by atoms with van der Waals surface area (Å²) in [5.74, 6) is -0.147. The van der Waals surface area contributed by atoms with Crippen LogP contribution in [0.1, 0.15) is 81.6 Å². The van der Waals surface area contributed by atoms with Crippen molar-refractivity contribution in [1.29, 1.82) is 0 Å². The zero-order valence-electron chi connectivity index (χ0n) is 22.1. The molecule has 14 heteroatoms. The van der Waals surface area contributed by atoms with Crippen molar-refractivity contribution in [2.75, 3.05) is 0 Å². The highest BCUT2D eigenvalue weighted by atomic mass is 35.6. The molecule has 1 aromatic carbocycles. The summed E-state index contributed by atoms with van der Waals surface area (Å²) in [6.07, 6.45) is 2.54. The molecule has 39 heavy (non-hydrogen) atoms. The first kappa shape index (κ1) is 35.2. The fourth-order valence-corrected chi connectivity index (χ4v) is 5.92. The first-order chi connectivity index (χ1) is 17.4. The Morgan fingerprint density at radius 2 is 1.31 bits per heavy atom. The van der Waals surface area contributed by atoms with Gasteiger partial charge in [-0.25, -0.2) is 0 Å². The lowest BCUT2D eigenvalue weighted by molar-refractivity contribution is 0.537. The number of aromatic nitrogens is 1. The lowest BCUT2D eigenvalue weighted by Crippen LogP contribution is -2.28. The standard InChI is InChI=1S/C25H30Cl9N5/c1-21(2,3)18-16(10-9-14(23(26,27)28)17(18)25(32,33)34)39-13(8-7-11-37-38-20(35)36)12-15(24(29,30)31)19(39)22(4,5)6/h9-12H,7-8H2,1-6H3,(H4,35,36,38). The Balaban J connectivity index is 3.12. The van der Waals surface area contributed by atoms with E-state index in [0.717, 1.165) is 11.4 Å². The Labute approximate surface area is 275 Å². The number of guanidine groups is 1. The molecular weight excluding hydrogens is 689 g/mol. The second-order valence-corrected chi connectivity index (χ2v) is 17.8. The van der Waals surface area contributed by atoms with E-state index in [2.05, 4.69) is 10.2 Å². The van der Waals surface area contributed by atoms with Crippen LogP contribution < -0.4 is 11.5 Å². The van der Waals surface area contributed by atoms with Gasteiger partial charge in [-0.15, -0.1) is 5.10 Å². The summed E-state index contributed by atoms with van der Waals surface area (Å²) >= 11 is 58.3. The van der Waals surface area contributed by atoms with Crippen molar-refractivity contribution in [3.63, 3.8) is 0 Å². The molecule has 0 unspecified atom stereocenters. The first-order valence-electron chi connectivity index (χ1n) is 11.6. The van der Waals surface area contributed by atoms with Gasteiger partial charge in [0.15, 0.2) is 0 Å². The largest absolute Gasteiger partial charge is 0.369 e. The molecule has 2 aromatic rings. The monoisotopic (exact) mass is 715 g/mol. The van der Waals surface area contributed by atoms with E-state index in [0.29, 0.717) is 29.7 Å².